The van der Waals surface area contributed by atoms with Crippen LogP contribution < -0.4 is 32.3 Å². The van der Waals surface area contributed by atoms with Gasteiger partial charge in [0.05, 0.1) is 23.3 Å². The van der Waals surface area contributed by atoms with Gasteiger partial charge in [0.25, 0.3) is 0 Å². The summed E-state index contributed by atoms with van der Waals surface area (Å²) >= 11 is 2.70. The van der Waals surface area contributed by atoms with E-state index in [4.69, 9.17) is 10.5 Å². The van der Waals surface area contributed by atoms with Crippen molar-refractivity contribution in [2.24, 2.45) is 10.7 Å². The number of rotatable bonds is 22. The van der Waals surface area contributed by atoms with Crippen LogP contribution in [-0.2, 0) is 23.9 Å². The average molecular weight is 872 g/mol. The van der Waals surface area contributed by atoms with Crippen molar-refractivity contribution in [2.75, 3.05) is 64.5 Å². The Labute approximate surface area is 362 Å². The fraction of sp³-hybridized carbons (Fsp3) is 0.419. The molecule has 1 aromatic heterocycles. The van der Waals surface area contributed by atoms with Gasteiger partial charge in [0.2, 0.25) is 17.7 Å². The summed E-state index contributed by atoms with van der Waals surface area (Å²) in [7, 11) is 3.93. The molecular formula is C43H53N9O7S2. The Balaban J connectivity index is 0.972. The number of anilines is 1. The molecule has 3 unspecified atom stereocenters. The third kappa shape index (κ3) is 12.6. The van der Waals surface area contributed by atoms with Gasteiger partial charge in [-0.25, -0.2) is 14.6 Å². The normalized spacial score (nSPS) is 15.4. The lowest BCUT2D eigenvalue weighted by Crippen LogP contribution is -2.51. The van der Waals surface area contributed by atoms with Crippen LogP contribution in [0.15, 0.2) is 71.7 Å². The number of aromatic nitrogens is 1. The smallest absolute Gasteiger partial charge is 0.407 e. The number of ether oxygens (including phenoxy) is 1. The second-order valence-corrected chi connectivity index (χ2v) is 17.3. The first-order valence-electron chi connectivity index (χ1n) is 20.4. The number of nitrogens with zero attached hydrogens (tertiary/aromatic N) is 3. The monoisotopic (exact) mass is 871 g/mol. The molecule has 0 radical (unpaired) electrons. The van der Waals surface area contributed by atoms with Crippen LogP contribution in [0, 0.1) is 0 Å². The molecule has 3 atom stereocenters. The SMILES string of the molecule is CN(C)CCCCC(NC(=O)CNCC(CCCN)NC(=O)OCC1c2ccccc2-c2ccccc21)C(=O)NCC(=O)Nc1ccc2nc(C3=NC(C(=O)O)CS3)sc2c1. The predicted molar refractivity (Wildman–Crippen MR) is 239 cm³/mol. The second-order valence-electron chi connectivity index (χ2n) is 15.2. The van der Waals surface area contributed by atoms with Gasteiger partial charge in [-0.15, -0.1) is 23.1 Å². The molecular weight excluding hydrogens is 819 g/mol. The van der Waals surface area contributed by atoms with E-state index in [9.17, 15) is 29.1 Å². The number of carbonyl (C=O) groups is 5. The zero-order valence-corrected chi connectivity index (χ0v) is 35.9. The zero-order chi connectivity index (χ0) is 43.3. The Kier molecular flexibility index (Phi) is 16.2. The summed E-state index contributed by atoms with van der Waals surface area (Å²) in [5, 5.41) is 24.8. The lowest BCUT2D eigenvalue weighted by molar-refractivity contribution is -0.137. The highest BCUT2D eigenvalue weighted by molar-refractivity contribution is 8.15. The minimum Gasteiger partial charge on any atom is -0.480 e. The quantitative estimate of drug-likeness (QED) is 0.0561. The molecule has 1 aliphatic heterocycles. The maximum absolute atomic E-state index is 13.4. The third-order valence-corrected chi connectivity index (χ3v) is 12.5. The summed E-state index contributed by atoms with van der Waals surface area (Å²) in [6, 6.07) is 19.4. The molecule has 4 amide bonds. The number of benzene rings is 3. The maximum atomic E-state index is 13.4. The number of nitrogens with one attached hydrogen (secondary N) is 5. The maximum Gasteiger partial charge on any atom is 0.407 e. The molecule has 18 heteroatoms. The summed E-state index contributed by atoms with van der Waals surface area (Å²) in [4.78, 5) is 74.7. The third-order valence-electron chi connectivity index (χ3n) is 10.3. The van der Waals surface area contributed by atoms with E-state index in [-0.39, 0.29) is 38.2 Å². The number of carbonyl (C=O) groups excluding carboxylic acids is 4. The van der Waals surface area contributed by atoms with Gasteiger partial charge in [0.15, 0.2) is 6.04 Å². The van der Waals surface area contributed by atoms with E-state index >= 15 is 0 Å². The molecule has 0 spiro atoms. The number of alkyl carbamates (subject to hydrolysis) is 1. The van der Waals surface area contributed by atoms with Crippen molar-refractivity contribution in [1.29, 1.82) is 0 Å². The second kappa shape index (κ2) is 21.9. The van der Waals surface area contributed by atoms with E-state index in [1.165, 1.54) is 23.1 Å². The van der Waals surface area contributed by atoms with Crippen LogP contribution in [0.2, 0.25) is 0 Å². The lowest BCUT2D eigenvalue weighted by Gasteiger charge is -2.21. The summed E-state index contributed by atoms with van der Waals surface area (Å²) in [5.41, 5.74) is 11.5. The van der Waals surface area contributed by atoms with Crippen molar-refractivity contribution in [3.8, 4) is 11.1 Å². The molecule has 61 heavy (non-hydrogen) atoms. The number of thiazole rings is 1. The highest BCUT2D eigenvalue weighted by Crippen LogP contribution is 2.44. The van der Waals surface area contributed by atoms with Crippen LogP contribution in [0.3, 0.4) is 0 Å². The molecule has 8 N–H and O–H groups in total. The van der Waals surface area contributed by atoms with Gasteiger partial charge in [-0.1, -0.05) is 48.5 Å². The standard InChI is InChI=1S/C43H53N9O7S2/c1-52(2)19-8-7-15-34(39(55)46-23-38(54)47-26-16-17-33-36(20-26)61-41(50-33)40-51-35(25-60-40)42(56)57)49-37(53)22-45-21-27(10-9-18-44)48-43(58)59-24-32-30-13-5-3-11-28(30)29-12-4-6-14-31(29)32/h3-6,11-14,16-17,20,27,32,34-35,45H,7-10,15,18-19,21-25,44H2,1-2H3,(H,46,55)(H,47,54)(H,48,58)(H,49,53)(H,56,57). The first kappa shape index (κ1) is 45.1. The Hall–Kier alpha value is -5.40. The number of aliphatic imine (C=N–C) groups is 1. The average Bonchev–Trinajstić information content (AvgIpc) is 3.98. The highest BCUT2D eigenvalue weighted by atomic mass is 32.2. The summed E-state index contributed by atoms with van der Waals surface area (Å²) in [6.07, 6.45) is 2.51. The summed E-state index contributed by atoms with van der Waals surface area (Å²) < 4.78 is 6.53. The van der Waals surface area contributed by atoms with Crippen LogP contribution in [0.5, 0.6) is 0 Å². The molecule has 4 aromatic rings. The van der Waals surface area contributed by atoms with E-state index in [0.29, 0.717) is 59.2 Å². The number of nitrogens with two attached hydrogens (primary N) is 1. The molecule has 6 rings (SSSR count). The van der Waals surface area contributed by atoms with Crippen LogP contribution >= 0.6 is 23.1 Å². The predicted octanol–water partition coefficient (Wildman–Crippen LogP) is 3.75. The van der Waals surface area contributed by atoms with Crippen LogP contribution in [0.1, 0.15) is 54.2 Å². The van der Waals surface area contributed by atoms with Crippen molar-refractivity contribution in [2.45, 2.75) is 56.1 Å². The number of thioether (sulfide) groups is 1. The van der Waals surface area contributed by atoms with Crippen molar-refractivity contribution in [1.82, 2.24) is 31.2 Å². The molecule has 0 bridgehead atoms. The van der Waals surface area contributed by atoms with Gasteiger partial charge in [0, 0.05) is 29.9 Å². The fourth-order valence-corrected chi connectivity index (χ4v) is 9.36. The molecule has 1 aliphatic carbocycles. The Morgan fingerprint density at radius 2 is 1.66 bits per heavy atom. The van der Waals surface area contributed by atoms with Gasteiger partial charge in [-0.3, -0.25) is 19.4 Å². The molecule has 16 nitrogen and oxygen atoms in total. The molecule has 3 aromatic carbocycles. The highest BCUT2D eigenvalue weighted by Gasteiger charge is 2.30. The van der Waals surface area contributed by atoms with E-state index in [1.54, 1.807) is 18.2 Å². The number of carboxylic acids is 1. The fourth-order valence-electron chi connectivity index (χ4n) is 7.25. The van der Waals surface area contributed by atoms with Crippen molar-refractivity contribution < 1.29 is 33.8 Å². The van der Waals surface area contributed by atoms with E-state index < -0.39 is 41.9 Å². The van der Waals surface area contributed by atoms with Crippen molar-refractivity contribution in [3.05, 3.63) is 82.9 Å². The molecule has 2 heterocycles. The largest absolute Gasteiger partial charge is 0.480 e. The van der Waals surface area contributed by atoms with Gasteiger partial charge >= 0.3 is 12.1 Å². The summed E-state index contributed by atoms with van der Waals surface area (Å²) in [5.74, 6) is -2.04. The van der Waals surface area contributed by atoms with Gasteiger partial charge in [-0.2, -0.15) is 0 Å². The number of hydrogen-bond donors (Lipinski definition) is 7. The van der Waals surface area contributed by atoms with E-state index in [0.717, 1.165) is 39.9 Å². The number of aliphatic carboxylic acids is 1. The molecule has 0 saturated carbocycles. The lowest BCUT2D eigenvalue weighted by atomic mass is 9.98. The van der Waals surface area contributed by atoms with Gasteiger partial charge < -0.3 is 47.1 Å². The van der Waals surface area contributed by atoms with E-state index in [1.807, 2.05) is 43.3 Å². The minimum atomic E-state index is -0.974. The number of carboxylic acid groups (broad SMARTS) is 1. The number of fused-ring (bicyclic) bond motifs is 4. The molecule has 324 valence electrons. The zero-order valence-electron chi connectivity index (χ0n) is 34.3. The number of unbranched alkanes of at least 4 members (excludes halogenated alkanes) is 1. The number of hydrogen-bond acceptors (Lipinski definition) is 13. The number of amides is 4. The van der Waals surface area contributed by atoms with Crippen LogP contribution in [-0.4, -0.2) is 127 Å². The Morgan fingerprint density at radius 3 is 2.34 bits per heavy atom. The van der Waals surface area contributed by atoms with Crippen molar-refractivity contribution >= 4 is 73.8 Å². The van der Waals surface area contributed by atoms with Gasteiger partial charge in [-0.05, 0) is 99.7 Å². The Bertz CT molecular complexity index is 2190. The van der Waals surface area contributed by atoms with Crippen LogP contribution in [0.4, 0.5) is 10.5 Å². The van der Waals surface area contributed by atoms with E-state index in [2.05, 4.69) is 60.8 Å². The first-order chi connectivity index (χ1) is 29.5. The van der Waals surface area contributed by atoms with Crippen LogP contribution in [0.25, 0.3) is 21.3 Å². The van der Waals surface area contributed by atoms with Gasteiger partial charge in [0.1, 0.15) is 22.7 Å². The minimum absolute atomic E-state index is 0.0751. The molecule has 0 fully saturated rings. The summed E-state index contributed by atoms with van der Waals surface area (Å²) in [6.45, 7) is 1.27. The molecule has 2 aliphatic rings. The topological polar surface area (TPSA) is 229 Å². The first-order valence-corrected chi connectivity index (χ1v) is 22.2. The molecule has 0 saturated heterocycles. The van der Waals surface area contributed by atoms with Crippen molar-refractivity contribution in [3.63, 3.8) is 0 Å². The Morgan fingerprint density at radius 1 is 0.918 bits per heavy atom.